The fraction of sp³-hybridized carbons (Fsp3) is 0.684. The van der Waals surface area contributed by atoms with Crippen LogP contribution in [0.3, 0.4) is 0 Å². The Bertz CT molecular complexity index is 503. The van der Waals surface area contributed by atoms with E-state index in [4.69, 9.17) is 0 Å². The number of halogens is 1. The highest BCUT2D eigenvalue weighted by molar-refractivity contribution is 5.54. The van der Waals surface area contributed by atoms with Gasteiger partial charge in [0.25, 0.3) is 0 Å². The third-order valence-corrected chi connectivity index (χ3v) is 5.37. The average molecular weight is 319 g/mol. The van der Waals surface area contributed by atoms with Crippen LogP contribution in [0, 0.1) is 5.82 Å². The van der Waals surface area contributed by atoms with Crippen LogP contribution in [0.2, 0.25) is 0 Å². The fourth-order valence-corrected chi connectivity index (χ4v) is 3.84. The number of hydrogen-bond donors (Lipinski definition) is 1. The highest BCUT2D eigenvalue weighted by Gasteiger charge is 2.22. The molecule has 0 amide bonds. The van der Waals surface area contributed by atoms with Crippen molar-refractivity contribution < 1.29 is 4.39 Å². The van der Waals surface area contributed by atoms with Gasteiger partial charge in [-0.15, -0.1) is 0 Å². The normalized spacial score (nSPS) is 20.6. The summed E-state index contributed by atoms with van der Waals surface area (Å²) in [6, 6.07) is 6.65. The van der Waals surface area contributed by atoms with E-state index < -0.39 is 0 Å². The van der Waals surface area contributed by atoms with E-state index in [1.807, 2.05) is 6.07 Å². The van der Waals surface area contributed by atoms with E-state index in [2.05, 4.69) is 35.0 Å². The SMILES string of the molecule is CC(C)N1CCC(NCc2c(F)cccc2N2CCCC2)CC1. The Kier molecular flexibility index (Phi) is 5.54. The predicted octanol–water partition coefficient (Wildman–Crippen LogP) is 3.39. The zero-order valence-corrected chi connectivity index (χ0v) is 14.5. The van der Waals surface area contributed by atoms with Crippen LogP contribution in [0.15, 0.2) is 18.2 Å². The lowest BCUT2D eigenvalue weighted by Gasteiger charge is -2.35. The molecule has 0 atom stereocenters. The fourth-order valence-electron chi connectivity index (χ4n) is 3.84. The van der Waals surface area contributed by atoms with Crippen molar-refractivity contribution in [1.82, 2.24) is 10.2 Å². The lowest BCUT2D eigenvalue weighted by molar-refractivity contribution is 0.160. The molecule has 0 bridgehead atoms. The summed E-state index contributed by atoms with van der Waals surface area (Å²) in [5.41, 5.74) is 1.94. The molecule has 2 aliphatic heterocycles. The van der Waals surface area contributed by atoms with Gasteiger partial charge in [-0.05, 0) is 64.8 Å². The molecule has 2 aliphatic rings. The minimum atomic E-state index is -0.0680. The second kappa shape index (κ2) is 7.63. The van der Waals surface area contributed by atoms with E-state index in [-0.39, 0.29) is 5.82 Å². The average Bonchev–Trinajstić information content (AvgIpc) is 3.08. The molecule has 0 saturated carbocycles. The molecule has 1 aromatic rings. The van der Waals surface area contributed by atoms with Crippen molar-refractivity contribution in [3.8, 4) is 0 Å². The van der Waals surface area contributed by atoms with Crippen LogP contribution in [0.25, 0.3) is 0 Å². The van der Waals surface area contributed by atoms with Gasteiger partial charge < -0.3 is 15.1 Å². The Morgan fingerprint density at radius 2 is 1.83 bits per heavy atom. The molecular weight excluding hydrogens is 289 g/mol. The van der Waals surface area contributed by atoms with Gasteiger partial charge in [-0.1, -0.05) is 6.07 Å². The summed E-state index contributed by atoms with van der Waals surface area (Å²) in [5.74, 6) is -0.0680. The molecule has 2 heterocycles. The van der Waals surface area contributed by atoms with Crippen molar-refractivity contribution in [2.24, 2.45) is 0 Å². The Balaban J connectivity index is 1.60. The van der Waals surface area contributed by atoms with Crippen molar-refractivity contribution in [2.75, 3.05) is 31.1 Å². The molecule has 128 valence electrons. The van der Waals surface area contributed by atoms with E-state index in [0.29, 0.717) is 18.6 Å². The van der Waals surface area contributed by atoms with Gasteiger partial charge in [-0.25, -0.2) is 4.39 Å². The molecule has 4 heteroatoms. The summed E-state index contributed by atoms with van der Waals surface area (Å²) in [6.07, 6.45) is 4.76. The number of rotatable bonds is 5. The van der Waals surface area contributed by atoms with Crippen molar-refractivity contribution in [2.45, 2.75) is 58.2 Å². The first kappa shape index (κ1) is 16.7. The van der Waals surface area contributed by atoms with Crippen LogP contribution < -0.4 is 10.2 Å². The number of anilines is 1. The number of piperidine rings is 1. The van der Waals surface area contributed by atoms with Crippen LogP contribution in [0.1, 0.15) is 45.1 Å². The topological polar surface area (TPSA) is 18.5 Å². The minimum Gasteiger partial charge on any atom is -0.371 e. The molecule has 1 aromatic carbocycles. The van der Waals surface area contributed by atoms with Gasteiger partial charge in [-0.3, -0.25) is 0 Å². The van der Waals surface area contributed by atoms with Gasteiger partial charge in [0, 0.05) is 43.0 Å². The number of nitrogens with one attached hydrogen (secondary N) is 1. The first-order valence-corrected chi connectivity index (χ1v) is 9.15. The first-order chi connectivity index (χ1) is 11.1. The van der Waals surface area contributed by atoms with Crippen molar-refractivity contribution in [3.63, 3.8) is 0 Å². The standard InChI is InChI=1S/C19H30FN3/c1-15(2)22-12-8-16(9-13-22)21-14-17-18(20)6-5-7-19(17)23-10-3-4-11-23/h5-7,15-16,21H,3-4,8-14H2,1-2H3. The van der Waals surface area contributed by atoms with E-state index in [0.717, 1.165) is 50.3 Å². The third kappa shape index (κ3) is 4.04. The predicted molar refractivity (Wildman–Crippen MR) is 94.4 cm³/mol. The van der Waals surface area contributed by atoms with Crippen molar-refractivity contribution in [1.29, 1.82) is 0 Å². The molecule has 2 fully saturated rings. The zero-order valence-electron chi connectivity index (χ0n) is 14.5. The van der Waals surface area contributed by atoms with Crippen LogP contribution >= 0.6 is 0 Å². The van der Waals surface area contributed by atoms with Gasteiger partial charge >= 0.3 is 0 Å². The second-order valence-corrected chi connectivity index (χ2v) is 7.22. The zero-order chi connectivity index (χ0) is 16.2. The highest BCUT2D eigenvalue weighted by Crippen LogP contribution is 2.27. The molecule has 0 spiro atoms. The maximum Gasteiger partial charge on any atom is 0.129 e. The monoisotopic (exact) mass is 319 g/mol. The molecule has 23 heavy (non-hydrogen) atoms. The Hall–Kier alpha value is -1.13. The molecule has 0 aliphatic carbocycles. The summed E-state index contributed by atoms with van der Waals surface area (Å²) in [5, 5.41) is 3.61. The number of nitrogens with zero attached hydrogens (tertiary/aromatic N) is 2. The Morgan fingerprint density at radius 3 is 2.48 bits per heavy atom. The first-order valence-electron chi connectivity index (χ1n) is 9.15. The highest BCUT2D eigenvalue weighted by atomic mass is 19.1. The maximum atomic E-state index is 14.4. The lowest BCUT2D eigenvalue weighted by Crippen LogP contribution is -2.44. The molecular formula is C19H30FN3. The number of benzene rings is 1. The molecule has 0 radical (unpaired) electrons. The molecule has 0 aromatic heterocycles. The van der Waals surface area contributed by atoms with Gasteiger partial charge in [-0.2, -0.15) is 0 Å². The van der Waals surface area contributed by atoms with E-state index >= 15 is 0 Å². The van der Waals surface area contributed by atoms with E-state index in [1.54, 1.807) is 6.07 Å². The Labute approximate surface area is 139 Å². The van der Waals surface area contributed by atoms with E-state index in [9.17, 15) is 4.39 Å². The second-order valence-electron chi connectivity index (χ2n) is 7.22. The van der Waals surface area contributed by atoms with Gasteiger partial charge in [0.05, 0.1) is 0 Å². The summed E-state index contributed by atoms with van der Waals surface area (Å²) in [4.78, 5) is 4.86. The number of likely N-dealkylation sites (tertiary alicyclic amines) is 1. The van der Waals surface area contributed by atoms with Crippen LogP contribution in [-0.4, -0.2) is 43.2 Å². The van der Waals surface area contributed by atoms with Crippen LogP contribution in [-0.2, 0) is 6.54 Å². The minimum absolute atomic E-state index is 0.0680. The molecule has 3 nitrogen and oxygen atoms in total. The Morgan fingerprint density at radius 1 is 1.13 bits per heavy atom. The largest absolute Gasteiger partial charge is 0.371 e. The number of hydrogen-bond acceptors (Lipinski definition) is 3. The summed E-state index contributed by atoms with van der Waals surface area (Å²) < 4.78 is 14.4. The van der Waals surface area contributed by atoms with Crippen molar-refractivity contribution in [3.05, 3.63) is 29.6 Å². The maximum absolute atomic E-state index is 14.4. The van der Waals surface area contributed by atoms with Gasteiger partial charge in [0.2, 0.25) is 0 Å². The third-order valence-electron chi connectivity index (χ3n) is 5.37. The molecule has 1 N–H and O–H groups in total. The smallest absolute Gasteiger partial charge is 0.129 e. The van der Waals surface area contributed by atoms with Gasteiger partial charge in [0.1, 0.15) is 5.82 Å². The van der Waals surface area contributed by atoms with Gasteiger partial charge in [0.15, 0.2) is 0 Å². The quantitative estimate of drug-likeness (QED) is 0.897. The van der Waals surface area contributed by atoms with E-state index in [1.165, 1.54) is 12.8 Å². The van der Waals surface area contributed by atoms with Crippen molar-refractivity contribution >= 4 is 5.69 Å². The molecule has 0 unspecified atom stereocenters. The lowest BCUT2D eigenvalue weighted by atomic mass is 10.0. The summed E-state index contributed by atoms with van der Waals surface area (Å²) >= 11 is 0. The molecule has 3 rings (SSSR count). The van der Waals surface area contributed by atoms with Crippen LogP contribution in [0.5, 0.6) is 0 Å². The summed E-state index contributed by atoms with van der Waals surface area (Å²) in [6.45, 7) is 9.57. The van der Waals surface area contributed by atoms with Crippen LogP contribution in [0.4, 0.5) is 10.1 Å². The summed E-state index contributed by atoms with van der Waals surface area (Å²) in [7, 11) is 0. The molecule has 2 saturated heterocycles.